The zero-order chi connectivity index (χ0) is 45.7. The van der Waals surface area contributed by atoms with Crippen molar-refractivity contribution < 1.29 is 42.5 Å². The molecule has 0 fully saturated rings. The average Bonchev–Trinajstić information content (AvgIpc) is 3.86. The van der Waals surface area contributed by atoms with Crippen LogP contribution in [0.3, 0.4) is 0 Å². The number of carbonyl (C=O) groups is 4. The second-order valence-electron chi connectivity index (χ2n) is 15.1. The quantitative estimate of drug-likeness (QED) is 0.0898. The number of nitrogens with zero attached hydrogens (tertiary/aromatic N) is 2. The molecule has 4 aromatic carbocycles. The molecule has 2 amide bonds. The molecule has 63 heavy (non-hydrogen) atoms. The van der Waals surface area contributed by atoms with Crippen LogP contribution in [-0.4, -0.2) is 58.1 Å². The molecular weight excluding hydrogens is 844 g/mol. The van der Waals surface area contributed by atoms with E-state index in [1.807, 2.05) is 61.5 Å². The number of halogens is 1. The number of nitrogens with one attached hydrogen (secondary N) is 2. The predicted octanol–water partition coefficient (Wildman–Crippen LogP) is 9.68. The van der Waals surface area contributed by atoms with E-state index in [0.29, 0.717) is 57.3 Å². The molecule has 15 heteroatoms. The van der Waals surface area contributed by atoms with Crippen molar-refractivity contribution in [3.05, 3.63) is 141 Å². The first-order valence-corrected chi connectivity index (χ1v) is 21.9. The van der Waals surface area contributed by atoms with E-state index >= 15 is 0 Å². The van der Waals surface area contributed by atoms with Crippen LogP contribution >= 0.6 is 22.7 Å². The van der Waals surface area contributed by atoms with Gasteiger partial charge in [0.1, 0.15) is 37.1 Å². The molecule has 0 bridgehead atoms. The fraction of sp³-hybridized carbons (Fsp3) is 0.292. The highest BCUT2D eigenvalue weighted by Gasteiger charge is 2.32. The van der Waals surface area contributed by atoms with Gasteiger partial charge in [0.05, 0.1) is 24.6 Å². The van der Waals surface area contributed by atoms with Crippen molar-refractivity contribution in [1.29, 1.82) is 0 Å². The van der Waals surface area contributed by atoms with Crippen LogP contribution in [0.15, 0.2) is 103 Å². The van der Waals surface area contributed by atoms with E-state index in [2.05, 4.69) is 20.6 Å². The highest BCUT2D eigenvalue weighted by Crippen LogP contribution is 2.30. The minimum absolute atomic E-state index is 0.152. The lowest BCUT2D eigenvalue weighted by Gasteiger charge is -2.24. The van der Waals surface area contributed by atoms with E-state index in [1.165, 1.54) is 34.8 Å². The molecule has 6 aromatic rings. The Hall–Kier alpha value is -6.45. The van der Waals surface area contributed by atoms with Gasteiger partial charge in [0.25, 0.3) is 11.8 Å². The summed E-state index contributed by atoms with van der Waals surface area (Å²) >= 11 is 2.65. The van der Waals surface area contributed by atoms with Crippen LogP contribution in [0.2, 0.25) is 0 Å². The van der Waals surface area contributed by atoms with Crippen LogP contribution in [-0.2, 0) is 32.2 Å². The van der Waals surface area contributed by atoms with Gasteiger partial charge in [-0.25, -0.2) is 23.9 Å². The molecule has 0 aliphatic rings. The molecule has 2 heterocycles. The normalized spacial score (nSPS) is 11.1. The minimum Gasteiger partial charge on any atom is -0.476 e. The van der Waals surface area contributed by atoms with E-state index in [-0.39, 0.29) is 24.2 Å². The molecule has 0 aliphatic heterocycles. The zero-order valence-electron chi connectivity index (χ0n) is 36.5. The Bertz CT molecular complexity index is 2480. The molecule has 6 rings (SSSR count). The molecular formula is C48H51FN4O8S2. The number of aryl methyl sites for hydroxylation is 2. The Morgan fingerprint density at radius 3 is 1.33 bits per heavy atom. The molecule has 0 spiro atoms. The number of benzene rings is 4. The summed E-state index contributed by atoms with van der Waals surface area (Å²) < 4.78 is 34.7. The number of rotatable bonds is 16. The second kappa shape index (κ2) is 21.6. The summed E-state index contributed by atoms with van der Waals surface area (Å²) in [6.07, 6.45) is 0. The van der Waals surface area contributed by atoms with Crippen molar-refractivity contribution in [3.63, 3.8) is 0 Å². The van der Waals surface area contributed by atoms with Crippen LogP contribution in [0.5, 0.6) is 11.5 Å². The number of aromatic nitrogens is 2. The molecule has 0 unspecified atom stereocenters. The number of amides is 2. The molecule has 0 aliphatic carbocycles. The average molecular weight is 895 g/mol. The molecule has 330 valence electrons. The SMILES string of the molecule is CCOC(=O)C(C)(C)Oc1ccc(CNC(=O)c2sc(-c3ccc(F)cc3)nc2C)cc1.CCOC(=O)C(C)(C)Oc1ccc(CNC(=O)c2sc(-c3ccccc3)nc2C)cc1. The van der Waals surface area contributed by atoms with Crippen molar-refractivity contribution in [2.24, 2.45) is 0 Å². The summed E-state index contributed by atoms with van der Waals surface area (Å²) in [7, 11) is 0. The van der Waals surface area contributed by atoms with E-state index < -0.39 is 23.1 Å². The first kappa shape index (κ1) is 47.6. The number of carbonyl (C=O) groups excluding carboxylic acids is 4. The van der Waals surface area contributed by atoms with Gasteiger partial charge in [-0.05, 0) is 115 Å². The fourth-order valence-electron chi connectivity index (χ4n) is 5.79. The molecule has 0 saturated carbocycles. The Balaban J connectivity index is 0.000000238. The Morgan fingerprint density at radius 2 is 0.952 bits per heavy atom. The minimum atomic E-state index is -1.10. The number of hydrogen-bond acceptors (Lipinski definition) is 12. The van der Waals surface area contributed by atoms with Gasteiger partial charge in [-0.3, -0.25) is 9.59 Å². The summed E-state index contributed by atoms with van der Waals surface area (Å²) in [5.74, 6) is -0.462. The molecule has 0 saturated heterocycles. The number of ether oxygens (including phenoxy) is 4. The van der Waals surface area contributed by atoms with E-state index in [9.17, 15) is 23.6 Å². The summed E-state index contributed by atoms with van der Waals surface area (Å²) in [6.45, 7) is 15.0. The highest BCUT2D eigenvalue weighted by atomic mass is 32.1. The van der Waals surface area contributed by atoms with Crippen molar-refractivity contribution in [1.82, 2.24) is 20.6 Å². The first-order valence-electron chi connectivity index (χ1n) is 20.2. The monoisotopic (exact) mass is 894 g/mol. The van der Waals surface area contributed by atoms with E-state index in [4.69, 9.17) is 18.9 Å². The third-order valence-electron chi connectivity index (χ3n) is 9.15. The molecule has 0 radical (unpaired) electrons. The third-order valence-corrected chi connectivity index (χ3v) is 11.6. The van der Waals surface area contributed by atoms with Gasteiger partial charge in [0.2, 0.25) is 0 Å². The molecule has 0 atom stereocenters. The second-order valence-corrected chi connectivity index (χ2v) is 17.1. The van der Waals surface area contributed by atoms with Crippen LogP contribution in [0.1, 0.15) is 83.4 Å². The van der Waals surface area contributed by atoms with Crippen LogP contribution < -0.4 is 20.1 Å². The topological polar surface area (TPSA) is 155 Å². The Morgan fingerprint density at radius 1 is 0.571 bits per heavy atom. The fourth-order valence-corrected chi connectivity index (χ4v) is 7.77. The Labute approximate surface area is 374 Å². The van der Waals surface area contributed by atoms with Crippen molar-refractivity contribution in [2.75, 3.05) is 13.2 Å². The maximum Gasteiger partial charge on any atom is 0.349 e. The van der Waals surface area contributed by atoms with Gasteiger partial charge in [0, 0.05) is 24.2 Å². The van der Waals surface area contributed by atoms with Crippen LogP contribution in [0.25, 0.3) is 21.1 Å². The van der Waals surface area contributed by atoms with Crippen LogP contribution in [0, 0.1) is 19.7 Å². The lowest BCUT2D eigenvalue weighted by molar-refractivity contribution is -0.159. The molecule has 2 aromatic heterocycles. The van der Waals surface area contributed by atoms with Gasteiger partial charge < -0.3 is 29.6 Å². The highest BCUT2D eigenvalue weighted by molar-refractivity contribution is 7.17. The number of thiazole rings is 2. The lowest BCUT2D eigenvalue weighted by atomic mass is 10.1. The zero-order valence-corrected chi connectivity index (χ0v) is 38.1. The number of esters is 2. The third kappa shape index (κ3) is 13.3. The predicted molar refractivity (Wildman–Crippen MR) is 242 cm³/mol. The van der Waals surface area contributed by atoms with Crippen molar-refractivity contribution in [2.45, 2.75) is 79.7 Å². The summed E-state index contributed by atoms with van der Waals surface area (Å²) in [6, 6.07) is 30.2. The Kier molecular flexibility index (Phi) is 16.3. The molecule has 2 N–H and O–H groups in total. The maximum absolute atomic E-state index is 13.1. The number of hydrogen-bond donors (Lipinski definition) is 2. The standard InChI is InChI=1S/C24H25FN2O4S.C24H26N2O4S/c1-5-30-23(29)24(3,4)31-19-12-6-16(7-13-19)14-26-21(28)20-15(2)27-22(32-20)17-8-10-18(25)11-9-17;1-5-29-23(28)24(3,4)30-19-13-11-17(12-14-19)15-25-21(27)20-16(2)26-22(31-20)18-9-7-6-8-10-18/h6-13H,5,14H2,1-4H3,(H,26,28);6-14H,5,15H2,1-4H3,(H,25,27). The maximum atomic E-state index is 13.1. The summed E-state index contributed by atoms with van der Waals surface area (Å²) in [5, 5.41) is 7.32. The van der Waals surface area contributed by atoms with Crippen molar-refractivity contribution >= 4 is 46.4 Å². The summed E-state index contributed by atoms with van der Waals surface area (Å²) in [4.78, 5) is 59.3. The van der Waals surface area contributed by atoms with Gasteiger partial charge >= 0.3 is 11.9 Å². The first-order chi connectivity index (χ1) is 30.0. The van der Waals surface area contributed by atoms with Gasteiger partial charge in [0.15, 0.2) is 11.2 Å². The van der Waals surface area contributed by atoms with E-state index in [1.54, 1.807) is 84.9 Å². The smallest absolute Gasteiger partial charge is 0.349 e. The van der Waals surface area contributed by atoms with E-state index in [0.717, 1.165) is 27.3 Å². The van der Waals surface area contributed by atoms with Crippen LogP contribution in [0.4, 0.5) is 4.39 Å². The van der Waals surface area contributed by atoms with Crippen molar-refractivity contribution in [3.8, 4) is 32.6 Å². The lowest BCUT2D eigenvalue weighted by Crippen LogP contribution is -2.39. The van der Waals surface area contributed by atoms with Gasteiger partial charge in [-0.2, -0.15) is 0 Å². The summed E-state index contributed by atoms with van der Waals surface area (Å²) in [5.41, 5.74) is 2.71. The van der Waals surface area contributed by atoms with Gasteiger partial charge in [-0.15, -0.1) is 22.7 Å². The molecule has 12 nitrogen and oxygen atoms in total. The largest absolute Gasteiger partial charge is 0.476 e. The van der Waals surface area contributed by atoms with Gasteiger partial charge in [-0.1, -0.05) is 54.6 Å².